The lowest BCUT2D eigenvalue weighted by atomic mass is 9.68. The van der Waals surface area contributed by atoms with Crippen molar-refractivity contribution in [2.45, 2.75) is 58.3 Å². The average Bonchev–Trinajstić information content (AvgIpc) is 2.68. The van der Waals surface area contributed by atoms with Crippen LogP contribution in [0.4, 0.5) is 0 Å². The zero-order valence-corrected chi connectivity index (χ0v) is 15.7. The van der Waals surface area contributed by atoms with Gasteiger partial charge in [-0.25, -0.2) is 0 Å². The Labute approximate surface area is 156 Å². The summed E-state index contributed by atoms with van der Waals surface area (Å²) in [4.78, 5) is 16.5. The molecule has 3 heteroatoms. The highest BCUT2D eigenvalue weighted by Gasteiger charge is 2.34. The van der Waals surface area contributed by atoms with Gasteiger partial charge < -0.3 is 4.74 Å². The first-order valence-electron chi connectivity index (χ1n) is 9.87. The summed E-state index contributed by atoms with van der Waals surface area (Å²) in [6.45, 7) is 2.36. The van der Waals surface area contributed by atoms with Crippen molar-refractivity contribution in [2.24, 2.45) is 5.41 Å². The number of hydrogen-bond donors (Lipinski definition) is 0. The number of rotatable bonds is 7. The number of aromatic nitrogens is 1. The highest BCUT2D eigenvalue weighted by atomic mass is 16.5. The molecule has 1 aromatic carbocycles. The molecule has 3 rings (SSSR count). The first-order chi connectivity index (χ1) is 12.7. The molecule has 3 nitrogen and oxygen atoms in total. The molecule has 1 aromatic heterocycles. The Morgan fingerprint density at radius 3 is 2.50 bits per heavy atom. The van der Waals surface area contributed by atoms with Crippen molar-refractivity contribution in [1.82, 2.24) is 4.98 Å². The molecule has 0 amide bonds. The molecule has 0 bridgehead atoms. The molecular formula is C23H29NO2. The van der Waals surface area contributed by atoms with Gasteiger partial charge in [0.25, 0.3) is 0 Å². The van der Waals surface area contributed by atoms with Crippen molar-refractivity contribution in [1.29, 1.82) is 0 Å². The Hall–Kier alpha value is -2.16. The number of aryl methyl sites for hydroxylation is 1. The van der Waals surface area contributed by atoms with E-state index < -0.39 is 0 Å². The van der Waals surface area contributed by atoms with Crippen LogP contribution in [0, 0.1) is 5.41 Å². The van der Waals surface area contributed by atoms with Crippen LogP contribution >= 0.6 is 0 Å². The Bertz CT molecular complexity index is 688. The Morgan fingerprint density at radius 1 is 1.08 bits per heavy atom. The molecule has 26 heavy (non-hydrogen) atoms. The zero-order chi connectivity index (χ0) is 18.2. The summed E-state index contributed by atoms with van der Waals surface area (Å²) in [7, 11) is 0. The molecule has 138 valence electrons. The van der Waals surface area contributed by atoms with Crippen LogP contribution in [0.15, 0.2) is 48.7 Å². The second-order valence-electron chi connectivity index (χ2n) is 7.45. The molecule has 0 atom stereocenters. The second-order valence-corrected chi connectivity index (χ2v) is 7.45. The van der Waals surface area contributed by atoms with E-state index in [4.69, 9.17) is 4.74 Å². The van der Waals surface area contributed by atoms with Crippen LogP contribution in [-0.2, 0) is 16.0 Å². The van der Waals surface area contributed by atoms with E-state index >= 15 is 0 Å². The molecule has 1 fully saturated rings. The van der Waals surface area contributed by atoms with Crippen LogP contribution in [0.25, 0.3) is 11.3 Å². The van der Waals surface area contributed by atoms with E-state index in [-0.39, 0.29) is 11.4 Å². The quantitative estimate of drug-likeness (QED) is 0.611. The van der Waals surface area contributed by atoms with Gasteiger partial charge in [-0.15, -0.1) is 0 Å². The number of nitrogens with zero attached hydrogens (tertiary/aromatic N) is 1. The molecule has 1 aliphatic rings. The molecule has 1 aliphatic carbocycles. The summed E-state index contributed by atoms with van der Waals surface area (Å²) in [6.07, 6.45) is 10.5. The van der Waals surface area contributed by atoms with Crippen molar-refractivity contribution >= 4 is 5.97 Å². The molecule has 1 heterocycles. The van der Waals surface area contributed by atoms with E-state index in [0.717, 1.165) is 36.9 Å². The van der Waals surface area contributed by atoms with Crippen molar-refractivity contribution in [3.8, 4) is 11.3 Å². The number of carbonyl (C=O) groups excluding carboxylic acids is 1. The minimum absolute atomic E-state index is 0.0279. The molecule has 1 saturated carbocycles. The van der Waals surface area contributed by atoms with E-state index in [0.29, 0.717) is 13.0 Å². The molecular weight excluding hydrogens is 322 g/mol. The van der Waals surface area contributed by atoms with Gasteiger partial charge >= 0.3 is 5.97 Å². The van der Waals surface area contributed by atoms with Crippen molar-refractivity contribution in [3.05, 3.63) is 54.2 Å². The maximum Gasteiger partial charge on any atom is 0.306 e. The molecule has 0 N–H and O–H groups in total. The maximum absolute atomic E-state index is 12.1. The van der Waals surface area contributed by atoms with E-state index in [9.17, 15) is 4.79 Å². The van der Waals surface area contributed by atoms with E-state index in [1.807, 2.05) is 31.3 Å². The molecule has 2 aromatic rings. The van der Waals surface area contributed by atoms with E-state index in [2.05, 4.69) is 29.2 Å². The number of esters is 1. The molecule has 0 aliphatic heterocycles. The Balaban J connectivity index is 1.64. The van der Waals surface area contributed by atoms with Crippen molar-refractivity contribution in [3.63, 3.8) is 0 Å². The lowest BCUT2D eigenvalue weighted by Crippen LogP contribution is -2.29. The molecule has 0 saturated heterocycles. The summed E-state index contributed by atoms with van der Waals surface area (Å²) in [5.74, 6) is -0.0279. The van der Waals surface area contributed by atoms with Crippen LogP contribution in [0.2, 0.25) is 0 Å². The van der Waals surface area contributed by atoms with Gasteiger partial charge in [0.05, 0.1) is 18.7 Å². The monoisotopic (exact) mass is 351 g/mol. The Kier molecular flexibility index (Phi) is 6.43. The molecule has 0 unspecified atom stereocenters. The standard InChI is InChI=1S/C23H29NO2/c1-2-26-22(25)18-23(14-5-3-6-15-23)16-13-19-9-11-20(12-10-19)21-8-4-7-17-24-21/h4,7-12,17H,2-3,5-6,13-16,18H2,1H3. The second kappa shape index (κ2) is 8.98. The fourth-order valence-corrected chi connectivity index (χ4v) is 4.12. The Morgan fingerprint density at radius 2 is 1.85 bits per heavy atom. The normalized spacial score (nSPS) is 16.2. The van der Waals surface area contributed by atoms with Gasteiger partial charge in [-0.05, 0) is 55.7 Å². The lowest BCUT2D eigenvalue weighted by molar-refractivity contribution is -0.146. The predicted molar refractivity (Wildman–Crippen MR) is 105 cm³/mol. The summed E-state index contributed by atoms with van der Waals surface area (Å²) >= 11 is 0. The van der Waals surface area contributed by atoms with Crippen LogP contribution < -0.4 is 0 Å². The summed E-state index contributed by atoms with van der Waals surface area (Å²) < 4.78 is 5.24. The third-order valence-electron chi connectivity index (χ3n) is 5.60. The first kappa shape index (κ1) is 18.6. The third kappa shape index (κ3) is 4.94. The van der Waals surface area contributed by atoms with Gasteiger partial charge in [0.2, 0.25) is 0 Å². The maximum atomic E-state index is 12.1. The van der Waals surface area contributed by atoms with Crippen molar-refractivity contribution in [2.75, 3.05) is 6.61 Å². The van der Waals surface area contributed by atoms with Crippen LogP contribution in [0.5, 0.6) is 0 Å². The van der Waals surface area contributed by atoms with Crippen LogP contribution in [-0.4, -0.2) is 17.6 Å². The highest BCUT2D eigenvalue weighted by molar-refractivity contribution is 5.70. The number of carbonyl (C=O) groups is 1. The summed E-state index contributed by atoms with van der Waals surface area (Å²) in [6, 6.07) is 14.7. The van der Waals surface area contributed by atoms with Crippen LogP contribution in [0.1, 0.15) is 57.4 Å². The number of benzene rings is 1. The minimum Gasteiger partial charge on any atom is -0.466 e. The smallest absolute Gasteiger partial charge is 0.306 e. The van der Waals surface area contributed by atoms with E-state index in [1.165, 1.54) is 24.8 Å². The van der Waals surface area contributed by atoms with Gasteiger partial charge in [-0.3, -0.25) is 9.78 Å². The first-order valence-corrected chi connectivity index (χ1v) is 9.87. The van der Waals surface area contributed by atoms with E-state index in [1.54, 1.807) is 0 Å². The highest BCUT2D eigenvalue weighted by Crippen LogP contribution is 2.43. The van der Waals surface area contributed by atoms with Crippen LogP contribution in [0.3, 0.4) is 0 Å². The fourth-order valence-electron chi connectivity index (χ4n) is 4.12. The topological polar surface area (TPSA) is 39.2 Å². The van der Waals surface area contributed by atoms with Gasteiger partial charge in [0, 0.05) is 11.8 Å². The lowest BCUT2D eigenvalue weighted by Gasteiger charge is -2.36. The molecule has 0 radical (unpaired) electrons. The fraction of sp³-hybridized carbons (Fsp3) is 0.478. The minimum atomic E-state index is -0.0279. The predicted octanol–water partition coefficient (Wildman–Crippen LogP) is 5.58. The third-order valence-corrected chi connectivity index (χ3v) is 5.60. The zero-order valence-electron chi connectivity index (χ0n) is 15.7. The summed E-state index contributed by atoms with van der Waals surface area (Å²) in [5.41, 5.74) is 3.61. The van der Waals surface area contributed by atoms with Gasteiger partial charge in [0.15, 0.2) is 0 Å². The average molecular weight is 351 g/mol. The number of hydrogen-bond acceptors (Lipinski definition) is 3. The molecule has 0 spiro atoms. The largest absolute Gasteiger partial charge is 0.466 e. The number of pyridine rings is 1. The summed E-state index contributed by atoms with van der Waals surface area (Å²) in [5, 5.41) is 0. The van der Waals surface area contributed by atoms with Gasteiger partial charge in [-0.2, -0.15) is 0 Å². The van der Waals surface area contributed by atoms with Gasteiger partial charge in [-0.1, -0.05) is 49.6 Å². The number of ether oxygens (including phenoxy) is 1. The van der Waals surface area contributed by atoms with Gasteiger partial charge in [0.1, 0.15) is 0 Å². The SMILES string of the molecule is CCOC(=O)CC1(CCc2ccc(-c3ccccn3)cc2)CCCCC1. The van der Waals surface area contributed by atoms with Crippen molar-refractivity contribution < 1.29 is 9.53 Å².